The highest BCUT2D eigenvalue weighted by Crippen LogP contribution is 2.53. The second-order valence-corrected chi connectivity index (χ2v) is 22.4. The van der Waals surface area contributed by atoms with Crippen molar-refractivity contribution in [3.05, 3.63) is 161 Å². The molecule has 4 aromatic carbocycles. The van der Waals surface area contributed by atoms with Crippen molar-refractivity contribution < 1.29 is 59.6 Å². The fourth-order valence-corrected chi connectivity index (χ4v) is 14.7. The number of alkyl halides is 6. The number of aliphatic hydroxyl groups is 1. The zero-order chi connectivity index (χ0) is 47.2. The monoisotopic (exact) mass is 927 g/mol. The van der Waals surface area contributed by atoms with E-state index >= 15 is 0 Å². The van der Waals surface area contributed by atoms with E-state index in [1.165, 1.54) is 0 Å². The smallest absolute Gasteiger partial charge is 0.455 e. The molecule has 2 saturated heterocycles. The first-order chi connectivity index (χ1) is 31.3. The molecule has 4 atom stereocenters. The van der Waals surface area contributed by atoms with Crippen LogP contribution in [0.5, 0.6) is 0 Å². The molecular formula is C50H48BF6NO7Si. The predicted molar refractivity (Wildman–Crippen MR) is 240 cm³/mol. The summed E-state index contributed by atoms with van der Waals surface area (Å²) < 4.78 is 104. The molecule has 2 N–H and O–H groups in total. The molecule has 1 aromatic heterocycles. The van der Waals surface area contributed by atoms with Gasteiger partial charge < -0.3 is 23.6 Å². The second kappa shape index (κ2) is 18.3. The van der Waals surface area contributed by atoms with Gasteiger partial charge in [-0.15, -0.1) is 0 Å². The Morgan fingerprint density at radius 1 is 0.803 bits per heavy atom. The van der Waals surface area contributed by atoms with Gasteiger partial charge in [0.25, 0.3) is 8.32 Å². The molecule has 0 unspecified atom stereocenters. The SMILES string of the molecule is CC(C)(C)[Si](OCC1=C2[C@@H](CC/C(=C/c3ccc(CO)o3)c3ccccc3)OB(O)C[C@@H]2[C@@H]2C(=O)N(c3cc(C(F)(F)F)cc(C(F)(F)F)c3)C(=O)[C@@H]2C1)(c1ccccc1)c1ccccc1. The van der Waals surface area contributed by atoms with Crippen LogP contribution in [0.3, 0.4) is 0 Å². The summed E-state index contributed by atoms with van der Waals surface area (Å²) in [5, 5.41) is 22.6. The molecule has 0 saturated carbocycles. The highest BCUT2D eigenvalue weighted by Gasteiger charge is 2.59. The summed E-state index contributed by atoms with van der Waals surface area (Å²) in [4.78, 5) is 29.7. The fourth-order valence-electron chi connectivity index (χ4n) is 10.1. The van der Waals surface area contributed by atoms with Crippen LogP contribution in [-0.4, -0.2) is 50.1 Å². The number of imide groups is 1. The lowest BCUT2D eigenvalue weighted by Crippen LogP contribution is -2.66. The van der Waals surface area contributed by atoms with Crippen LogP contribution in [0.2, 0.25) is 11.4 Å². The van der Waals surface area contributed by atoms with Crippen molar-refractivity contribution >= 4 is 55.0 Å². The minimum absolute atomic E-state index is 0.0451. The number of nitrogens with zero attached hydrogens (tertiary/aromatic N) is 1. The largest absolute Gasteiger partial charge is 0.459 e. The number of aliphatic hydroxyl groups excluding tert-OH is 1. The van der Waals surface area contributed by atoms with Crippen LogP contribution >= 0.6 is 0 Å². The molecule has 3 heterocycles. The topological polar surface area (TPSA) is 109 Å². The Kier molecular flexibility index (Phi) is 13.0. The molecule has 8 rings (SSSR count). The number of anilines is 1. The summed E-state index contributed by atoms with van der Waals surface area (Å²) in [5.74, 6) is -4.37. The van der Waals surface area contributed by atoms with Crippen LogP contribution < -0.4 is 15.3 Å². The van der Waals surface area contributed by atoms with Gasteiger partial charge in [-0.3, -0.25) is 9.59 Å². The Morgan fingerprint density at radius 3 is 1.91 bits per heavy atom. The molecule has 0 radical (unpaired) electrons. The number of amides is 2. The number of carbonyl (C=O) groups excluding carboxylic acids is 2. The molecule has 0 spiro atoms. The molecular weight excluding hydrogens is 879 g/mol. The molecule has 66 heavy (non-hydrogen) atoms. The molecule has 2 amide bonds. The zero-order valence-electron chi connectivity index (χ0n) is 36.4. The Bertz CT molecular complexity index is 2560. The van der Waals surface area contributed by atoms with E-state index < -0.39 is 85.3 Å². The van der Waals surface area contributed by atoms with Gasteiger partial charge in [-0.05, 0) is 106 Å². The van der Waals surface area contributed by atoms with Crippen LogP contribution in [-0.2, 0) is 37.6 Å². The summed E-state index contributed by atoms with van der Waals surface area (Å²) in [5.41, 5.74) is -1.27. The number of fused-ring (bicyclic) bond motifs is 3. The number of hydrogen-bond acceptors (Lipinski definition) is 7. The van der Waals surface area contributed by atoms with Crippen molar-refractivity contribution in [2.45, 2.75) is 76.5 Å². The highest BCUT2D eigenvalue weighted by atomic mass is 28.4. The van der Waals surface area contributed by atoms with Crippen LogP contribution in [0.1, 0.15) is 68.2 Å². The molecule has 8 nitrogen and oxygen atoms in total. The van der Waals surface area contributed by atoms with Crippen LogP contribution in [0.15, 0.2) is 137 Å². The quantitative estimate of drug-likeness (QED) is 0.0556. The Morgan fingerprint density at radius 2 is 1.38 bits per heavy atom. The Labute approximate surface area is 379 Å². The molecule has 1 aliphatic carbocycles. The van der Waals surface area contributed by atoms with Gasteiger partial charge in [0.05, 0.1) is 41.4 Å². The number of carbonyl (C=O) groups is 2. The first-order valence-electron chi connectivity index (χ1n) is 21.7. The lowest BCUT2D eigenvalue weighted by Gasteiger charge is -2.46. The molecule has 16 heteroatoms. The van der Waals surface area contributed by atoms with E-state index in [0.29, 0.717) is 46.1 Å². The van der Waals surface area contributed by atoms with E-state index in [2.05, 4.69) is 20.8 Å². The zero-order valence-corrected chi connectivity index (χ0v) is 37.4. The highest BCUT2D eigenvalue weighted by molar-refractivity contribution is 6.99. The maximum absolute atomic E-state index is 14.7. The van der Waals surface area contributed by atoms with Gasteiger partial charge in [0, 0.05) is 0 Å². The summed E-state index contributed by atoms with van der Waals surface area (Å²) in [6.07, 6.45) is -9.17. The molecule has 2 aliphatic heterocycles. The third-order valence-corrected chi connectivity index (χ3v) is 18.0. The molecule has 3 aliphatic rings. The van der Waals surface area contributed by atoms with E-state index in [1.54, 1.807) is 12.1 Å². The minimum atomic E-state index is -5.22. The minimum Gasteiger partial charge on any atom is -0.459 e. The lowest BCUT2D eigenvalue weighted by atomic mass is 9.58. The van der Waals surface area contributed by atoms with Gasteiger partial charge >= 0.3 is 19.5 Å². The van der Waals surface area contributed by atoms with Crippen molar-refractivity contribution in [1.82, 2.24) is 0 Å². The Hall–Kier alpha value is -5.52. The second-order valence-electron chi connectivity index (χ2n) is 18.1. The third-order valence-electron chi connectivity index (χ3n) is 13.0. The standard InChI is InChI=1S/C50H48BF6NO7Si/c1-48(2,3)66(39-15-9-5-10-16-39,40-17-11-6-12-18-40)63-30-33-24-41-45(47(61)58(46(41)60)36-26-34(49(52,53)54)25-35(27-36)50(55,56)57)42-28-51(62)65-43(44(33)42)22-19-32(31-13-7-4-8-14-31)23-37-20-21-38(29-59)64-37/h4-18,20-21,23,25-27,41-43,45,59,62H,19,22,24,28-30H2,1-3H3/b32-23-/t41-,42+,43-,45-/m1/s1. The molecule has 5 aromatic rings. The number of furan rings is 1. The van der Waals surface area contributed by atoms with Gasteiger partial charge in [0.15, 0.2) is 0 Å². The van der Waals surface area contributed by atoms with Gasteiger partial charge in [-0.1, -0.05) is 112 Å². The normalized spacial score (nSPS) is 20.8. The summed E-state index contributed by atoms with van der Waals surface area (Å²) >= 11 is 0. The van der Waals surface area contributed by atoms with Gasteiger partial charge in [0.1, 0.15) is 18.1 Å². The van der Waals surface area contributed by atoms with Crippen LogP contribution in [0, 0.1) is 17.8 Å². The van der Waals surface area contributed by atoms with Crippen molar-refractivity contribution in [2.24, 2.45) is 17.8 Å². The molecule has 2 fully saturated rings. The van der Waals surface area contributed by atoms with Crippen molar-refractivity contribution in [3.63, 3.8) is 0 Å². The predicted octanol–water partition coefficient (Wildman–Crippen LogP) is 9.71. The maximum Gasteiger partial charge on any atom is 0.455 e. The van der Waals surface area contributed by atoms with Crippen LogP contribution in [0.4, 0.5) is 32.0 Å². The number of rotatable bonds is 12. The van der Waals surface area contributed by atoms with E-state index in [0.717, 1.165) is 21.5 Å². The van der Waals surface area contributed by atoms with Crippen molar-refractivity contribution in [2.75, 3.05) is 11.5 Å². The average molecular weight is 928 g/mol. The number of hydrogen-bond donors (Lipinski definition) is 2. The number of halogens is 6. The lowest BCUT2D eigenvalue weighted by molar-refractivity contribution is -0.143. The average Bonchev–Trinajstić information content (AvgIpc) is 3.85. The van der Waals surface area contributed by atoms with Gasteiger partial charge in [0.2, 0.25) is 11.8 Å². The number of allylic oxidation sites excluding steroid dienone is 1. The van der Waals surface area contributed by atoms with E-state index in [4.69, 9.17) is 13.5 Å². The van der Waals surface area contributed by atoms with E-state index in [1.807, 2.05) is 97.1 Å². The van der Waals surface area contributed by atoms with E-state index in [9.17, 15) is 46.1 Å². The summed E-state index contributed by atoms with van der Waals surface area (Å²) in [7, 11) is -4.71. The Balaban J connectivity index is 1.25. The van der Waals surface area contributed by atoms with Gasteiger partial charge in [-0.2, -0.15) is 26.3 Å². The van der Waals surface area contributed by atoms with Crippen molar-refractivity contribution in [1.29, 1.82) is 0 Å². The molecule has 344 valence electrons. The van der Waals surface area contributed by atoms with Crippen molar-refractivity contribution in [3.8, 4) is 0 Å². The maximum atomic E-state index is 14.7. The fraction of sp³-hybridized carbons (Fsp3) is 0.320. The summed E-state index contributed by atoms with van der Waals surface area (Å²) in [6, 6.07) is 33.2. The van der Waals surface area contributed by atoms with E-state index in [-0.39, 0.29) is 38.4 Å². The first-order valence-corrected chi connectivity index (χ1v) is 23.6. The first kappa shape index (κ1) is 47.0. The third kappa shape index (κ3) is 9.13. The van der Waals surface area contributed by atoms with Gasteiger partial charge in [-0.25, -0.2) is 4.90 Å². The summed E-state index contributed by atoms with van der Waals surface area (Å²) in [6.45, 7) is 5.94. The van der Waals surface area contributed by atoms with Crippen LogP contribution in [0.25, 0.3) is 11.6 Å². The number of benzene rings is 4. The molecule has 0 bridgehead atoms.